The zero-order valence-electron chi connectivity index (χ0n) is 11.5. The first-order chi connectivity index (χ1) is 9.61. The number of carbonyl (C=O) groups is 1. The number of anilines is 1. The smallest absolute Gasteiger partial charge is 0.404 e. The summed E-state index contributed by atoms with van der Waals surface area (Å²) in [5.74, 6) is 0.725. The number of rotatable bonds is 2. The summed E-state index contributed by atoms with van der Waals surface area (Å²) in [6, 6.07) is -0.0294. The fourth-order valence-corrected chi connectivity index (χ4v) is 2.83. The predicted octanol–water partition coefficient (Wildman–Crippen LogP) is 0.311. The van der Waals surface area contributed by atoms with Crippen LogP contribution in [0.4, 0.5) is 10.7 Å². The van der Waals surface area contributed by atoms with Gasteiger partial charge in [0.15, 0.2) is 0 Å². The van der Waals surface area contributed by atoms with E-state index in [2.05, 4.69) is 32.1 Å². The van der Waals surface area contributed by atoms with Crippen molar-refractivity contribution in [2.75, 3.05) is 31.6 Å². The summed E-state index contributed by atoms with van der Waals surface area (Å²) < 4.78 is 0. The third kappa shape index (κ3) is 2.67. The van der Waals surface area contributed by atoms with Crippen LogP contribution >= 0.6 is 0 Å². The van der Waals surface area contributed by atoms with Gasteiger partial charge in [0.05, 0.1) is 11.7 Å². The number of likely N-dealkylation sites (N-methyl/N-ethyl adjacent to an activating group) is 1. The van der Waals surface area contributed by atoms with Crippen LogP contribution < -0.4 is 10.2 Å². The van der Waals surface area contributed by atoms with Crippen molar-refractivity contribution in [3.8, 4) is 0 Å². The van der Waals surface area contributed by atoms with E-state index >= 15 is 0 Å². The van der Waals surface area contributed by atoms with E-state index in [0.29, 0.717) is 6.54 Å². The molecule has 108 valence electrons. The first-order valence-electron chi connectivity index (χ1n) is 6.89. The lowest BCUT2D eigenvalue weighted by atomic mass is 10.1. The standard InChI is InChI=1S/C13H19N5O2/c1-17-4-3-11-9(7-17)6-14-12(16-11)18-5-2-10(8-18)15-13(19)20/h6,10,15H,2-5,7-8H2,1H3,(H,19,20)/t10-/m1/s1. The molecule has 0 unspecified atom stereocenters. The molecule has 1 fully saturated rings. The number of nitrogens with zero attached hydrogens (tertiary/aromatic N) is 4. The number of hydrogen-bond acceptors (Lipinski definition) is 5. The van der Waals surface area contributed by atoms with E-state index in [9.17, 15) is 4.79 Å². The van der Waals surface area contributed by atoms with Crippen molar-refractivity contribution in [1.29, 1.82) is 0 Å². The van der Waals surface area contributed by atoms with Gasteiger partial charge in [0.2, 0.25) is 5.95 Å². The molecule has 1 aromatic rings. The van der Waals surface area contributed by atoms with Gasteiger partial charge in [0.1, 0.15) is 0 Å². The maximum absolute atomic E-state index is 10.7. The summed E-state index contributed by atoms with van der Waals surface area (Å²) >= 11 is 0. The third-order valence-electron chi connectivity index (χ3n) is 3.91. The molecule has 1 atom stereocenters. The minimum atomic E-state index is -0.966. The van der Waals surface area contributed by atoms with Crippen molar-refractivity contribution in [3.63, 3.8) is 0 Å². The number of hydrogen-bond donors (Lipinski definition) is 2. The molecular formula is C13H19N5O2. The molecule has 0 spiro atoms. The van der Waals surface area contributed by atoms with E-state index in [1.807, 2.05) is 6.20 Å². The lowest BCUT2D eigenvalue weighted by Crippen LogP contribution is -2.36. The van der Waals surface area contributed by atoms with Crippen LogP contribution in [0.2, 0.25) is 0 Å². The average molecular weight is 277 g/mol. The van der Waals surface area contributed by atoms with Crippen molar-refractivity contribution < 1.29 is 9.90 Å². The van der Waals surface area contributed by atoms with Crippen LogP contribution in [-0.2, 0) is 13.0 Å². The summed E-state index contributed by atoms with van der Waals surface area (Å²) in [5, 5.41) is 11.3. The van der Waals surface area contributed by atoms with Crippen molar-refractivity contribution in [2.24, 2.45) is 0 Å². The van der Waals surface area contributed by atoms with E-state index in [4.69, 9.17) is 5.11 Å². The molecule has 2 aliphatic rings. The summed E-state index contributed by atoms with van der Waals surface area (Å²) in [6.45, 7) is 3.36. The van der Waals surface area contributed by atoms with Gasteiger partial charge in [-0.1, -0.05) is 0 Å². The molecular weight excluding hydrogens is 258 g/mol. The Morgan fingerprint density at radius 1 is 1.50 bits per heavy atom. The van der Waals surface area contributed by atoms with Crippen molar-refractivity contribution >= 4 is 12.0 Å². The Kier molecular flexibility index (Phi) is 3.43. The Labute approximate surface area is 117 Å². The van der Waals surface area contributed by atoms with Gasteiger partial charge in [-0.3, -0.25) is 0 Å². The maximum Gasteiger partial charge on any atom is 0.404 e. The Bertz CT molecular complexity index is 521. The van der Waals surface area contributed by atoms with Crippen LogP contribution in [0.15, 0.2) is 6.20 Å². The molecule has 0 aromatic carbocycles. The molecule has 2 aliphatic heterocycles. The lowest BCUT2D eigenvalue weighted by molar-refractivity contribution is 0.191. The van der Waals surface area contributed by atoms with Crippen molar-refractivity contribution in [3.05, 3.63) is 17.5 Å². The molecule has 1 amide bonds. The monoisotopic (exact) mass is 277 g/mol. The Balaban J connectivity index is 1.71. The number of aromatic nitrogens is 2. The van der Waals surface area contributed by atoms with Gasteiger partial charge in [0.25, 0.3) is 0 Å². The number of carboxylic acid groups (broad SMARTS) is 1. The minimum absolute atomic E-state index is 0.0294. The predicted molar refractivity (Wildman–Crippen MR) is 73.8 cm³/mol. The van der Waals surface area contributed by atoms with E-state index in [0.717, 1.165) is 44.1 Å². The highest BCUT2D eigenvalue weighted by molar-refractivity contribution is 5.65. The fraction of sp³-hybridized carbons (Fsp3) is 0.615. The second kappa shape index (κ2) is 5.24. The van der Waals surface area contributed by atoms with Crippen LogP contribution in [0.3, 0.4) is 0 Å². The summed E-state index contributed by atoms with van der Waals surface area (Å²) in [6.07, 6.45) is 2.69. The van der Waals surface area contributed by atoms with E-state index in [-0.39, 0.29) is 6.04 Å². The fourth-order valence-electron chi connectivity index (χ4n) is 2.83. The highest BCUT2D eigenvalue weighted by atomic mass is 16.4. The SMILES string of the molecule is CN1CCc2nc(N3CC[C@@H](NC(=O)O)C3)ncc2C1. The molecule has 7 nitrogen and oxygen atoms in total. The first-order valence-corrected chi connectivity index (χ1v) is 6.89. The molecule has 2 N–H and O–H groups in total. The van der Waals surface area contributed by atoms with Crippen LogP contribution in [0, 0.1) is 0 Å². The van der Waals surface area contributed by atoms with Crippen molar-refractivity contribution in [2.45, 2.75) is 25.4 Å². The van der Waals surface area contributed by atoms with Gasteiger partial charge < -0.3 is 20.2 Å². The Hall–Kier alpha value is -1.89. The molecule has 3 rings (SSSR count). The van der Waals surface area contributed by atoms with Gasteiger partial charge in [-0.25, -0.2) is 14.8 Å². The molecule has 7 heteroatoms. The quantitative estimate of drug-likeness (QED) is 0.810. The molecule has 1 saturated heterocycles. The Morgan fingerprint density at radius 3 is 3.15 bits per heavy atom. The van der Waals surface area contributed by atoms with Gasteiger partial charge in [-0.05, 0) is 13.5 Å². The molecule has 0 radical (unpaired) electrons. The van der Waals surface area contributed by atoms with E-state index < -0.39 is 6.09 Å². The van der Waals surface area contributed by atoms with E-state index in [1.54, 1.807) is 0 Å². The summed E-state index contributed by atoms with van der Waals surface area (Å²) in [4.78, 5) is 24.1. The average Bonchev–Trinajstić information content (AvgIpc) is 2.85. The second-order valence-electron chi connectivity index (χ2n) is 5.51. The molecule has 3 heterocycles. The summed E-state index contributed by atoms with van der Waals surface area (Å²) in [5.41, 5.74) is 2.32. The molecule has 0 saturated carbocycles. The highest BCUT2D eigenvalue weighted by Gasteiger charge is 2.26. The van der Waals surface area contributed by atoms with Crippen LogP contribution in [0.25, 0.3) is 0 Å². The maximum atomic E-state index is 10.7. The molecule has 1 aromatic heterocycles. The minimum Gasteiger partial charge on any atom is -0.465 e. The first kappa shape index (κ1) is 13.1. The van der Waals surface area contributed by atoms with Gasteiger partial charge in [-0.2, -0.15) is 0 Å². The number of nitrogens with one attached hydrogen (secondary N) is 1. The van der Waals surface area contributed by atoms with Crippen LogP contribution in [0.1, 0.15) is 17.7 Å². The topological polar surface area (TPSA) is 81.6 Å². The second-order valence-corrected chi connectivity index (χ2v) is 5.51. The zero-order chi connectivity index (χ0) is 14.1. The molecule has 0 aliphatic carbocycles. The van der Waals surface area contributed by atoms with Gasteiger partial charge in [-0.15, -0.1) is 0 Å². The lowest BCUT2D eigenvalue weighted by Gasteiger charge is -2.25. The summed E-state index contributed by atoms with van der Waals surface area (Å²) in [7, 11) is 2.10. The van der Waals surface area contributed by atoms with Gasteiger partial charge in [0, 0.05) is 44.4 Å². The third-order valence-corrected chi connectivity index (χ3v) is 3.91. The van der Waals surface area contributed by atoms with Crippen LogP contribution in [0.5, 0.6) is 0 Å². The zero-order valence-corrected chi connectivity index (χ0v) is 11.5. The van der Waals surface area contributed by atoms with Gasteiger partial charge >= 0.3 is 6.09 Å². The molecule has 20 heavy (non-hydrogen) atoms. The highest BCUT2D eigenvalue weighted by Crippen LogP contribution is 2.21. The van der Waals surface area contributed by atoms with E-state index in [1.165, 1.54) is 5.56 Å². The van der Waals surface area contributed by atoms with Crippen LogP contribution in [-0.4, -0.2) is 58.8 Å². The number of amides is 1. The molecule has 0 bridgehead atoms. The number of fused-ring (bicyclic) bond motifs is 1. The normalized spacial score (nSPS) is 22.6. The largest absolute Gasteiger partial charge is 0.465 e. The van der Waals surface area contributed by atoms with Crippen molar-refractivity contribution in [1.82, 2.24) is 20.2 Å². The Morgan fingerprint density at radius 2 is 2.35 bits per heavy atom.